The van der Waals surface area contributed by atoms with Gasteiger partial charge in [0, 0.05) is 13.0 Å². The fraction of sp³-hybridized carbons (Fsp3) is 0.944. The Bertz CT molecular complexity index is 193. The zero-order valence-electron chi connectivity index (χ0n) is 14.7. The van der Waals surface area contributed by atoms with Crippen LogP contribution in [-0.4, -0.2) is 24.3 Å². The van der Waals surface area contributed by atoms with E-state index in [4.69, 9.17) is 9.84 Å². The number of rotatable bonds is 13. The highest BCUT2D eigenvalue weighted by Crippen LogP contribution is 2.10. The van der Waals surface area contributed by atoms with Gasteiger partial charge < -0.3 is 9.84 Å². The molecule has 0 heterocycles. The summed E-state index contributed by atoms with van der Waals surface area (Å²) in [6.45, 7) is 6.89. The minimum atomic E-state index is -0.00797. The van der Waals surface area contributed by atoms with E-state index in [1.165, 1.54) is 51.4 Å². The number of aliphatic hydroxyl groups excluding tert-OH is 1. The highest BCUT2D eigenvalue weighted by atomic mass is 16.5. The van der Waals surface area contributed by atoms with Gasteiger partial charge in [0.1, 0.15) is 0 Å². The lowest BCUT2D eigenvalue weighted by molar-refractivity contribution is -0.143. The first kappa shape index (κ1) is 22.7. The van der Waals surface area contributed by atoms with Crippen molar-refractivity contribution in [3.8, 4) is 0 Å². The van der Waals surface area contributed by atoms with E-state index in [1.807, 2.05) is 0 Å². The molecule has 1 N–H and O–H groups in total. The first-order valence-electron chi connectivity index (χ1n) is 8.99. The topological polar surface area (TPSA) is 46.5 Å². The van der Waals surface area contributed by atoms with Crippen molar-refractivity contribution < 1.29 is 14.6 Å². The maximum absolute atomic E-state index is 11.3. The van der Waals surface area contributed by atoms with E-state index in [1.54, 1.807) is 6.92 Å². The molecule has 0 aliphatic heterocycles. The van der Waals surface area contributed by atoms with Gasteiger partial charge in [-0.1, -0.05) is 71.6 Å². The normalized spacial score (nSPS) is 9.90. The fourth-order valence-corrected chi connectivity index (χ4v) is 1.98. The van der Waals surface area contributed by atoms with Gasteiger partial charge in [0.25, 0.3) is 0 Å². The third kappa shape index (κ3) is 24.8. The molecule has 0 rings (SSSR count). The van der Waals surface area contributed by atoms with E-state index < -0.39 is 0 Å². The number of aliphatic hydroxyl groups is 1. The summed E-state index contributed by atoms with van der Waals surface area (Å²) in [7, 11) is 0. The number of ether oxygens (including phenoxy) is 1. The highest BCUT2D eigenvalue weighted by molar-refractivity contribution is 5.69. The summed E-state index contributed by atoms with van der Waals surface area (Å²) in [5, 5.41) is 7.57. The highest BCUT2D eigenvalue weighted by Gasteiger charge is 2.01. The van der Waals surface area contributed by atoms with Crippen LogP contribution in [0.15, 0.2) is 0 Å². The summed E-state index contributed by atoms with van der Waals surface area (Å²) in [4.78, 5) is 11.3. The quantitative estimate of drug-likeness (QED) is 0.373. The van der Waals surface area contributed by atoms with Gasteiger partial charge in [-0.15, -0.1) is 0 Å². The van der Waals surface area contributed by atoms with Crippen LogP contribution in [0, 0.1) is 0 Å². The first-order chi connectivity index (χ1) is 10.2. The van der Waals surface area contributed by atoms with Gasteiger partial charge in [-0.25, -0.2) is 0 Å². The van der Waals surface area contributed by atoms with E-state index in [2.05, 4.69) is 13.8 Å². The number of hydrogen-bond donors (Lipinski definition) is 1. The SMILES string of the molecule is CCCCCCCCCCCC(=O)OCCCC.CCO. The number of esters is 1. The molecule has 128 valence electrons. The summed E-state index contributed by atoms with van der Waals surface area (Å²) in [5.74, 6) is -0.00797. The molecule has 0 fully saturated rings. The van der Waals surface area contributed by atoms with Crippen LogP contribution in [0.5, 0.6) is 0 Å². The molecule has 3 heteroatoms. The van der Waals surface area contributed by atoms with Crippen molar-refractivity contribution in [2.75, 3.05) is 13.2 Å². The third-order valence-electron chi connectivity index (χ3n) is 3.25. The number of carbonyl (C=O) groups is 1. The monoisotopic (exact) mass is 302 g/mol. The van der Waals surface area contributed by atoms with Crippen molar-refractivity contribution in [3.05, 3.63) is 0 Å². The van der Waals surface area contributed by atoms with Crippen LogP contribution < -0.4 is 0 Å². The first-order valence-corrected chi connectivity index (χ1v) is 8.99. The summed E-state index contributed by atoms with van der Waals surface area (Å²) < 4.78 is 5.12. The van der Waals surface area contributed by atoms with E-state index >= 15 is 0 Å². The Morgan fingerprint density at radius 1 is 0.762 bits per heavy atom. The molecule has 0 aromatic carbocycles. The van der Waals surface area contributed by atoms with Crippen LogP contribution in [0.3, 0.4) is 0 Å². The zero-order valence-corrected chi connectivity index (χ0v) is 14.7. The smallest absolute Gasteiger partial charge is 0.305 e. The molecule has 0 aromatic heterocycles. The molecule has 0 aliphatic rings. The van der Waals surface area contributed by atoms with Gasteiger partial charge in [-0.3, -0.25) is 4.79 Å². The van der Waals surface area contributed by atoms with Crippen molar-refractivity contribution in [1.29, 1.82) is 0 Å². The van der Waals surface area contributed by atoms with Gasteiger partial charge in [-0.05, 0) is 19.8 Å². The molecular weight excluding hydrogens is 264 g/mol. The Balaban J connectivity index is 0. The molecular formula is C18H38O3. The van der Waals surface area contributed by atoms with Crippen molar-refractivity contribution in [2.45, 2.75) is 97.8 Å². The Hall–Kier alpha value is -0.570. The van der Waals surface area contributed by atoms with Crippen LogP contribution >= 0.6 is 0 Å². The zero-order chi connectivity index (χ0) is 16.2. The number of hydrogen-bond acceptors (Lipinski definition) is 3. The molecule has 0 aromatic rings. The molecule has 0 saturated heterocycles. The summed E-state index contributed by atoms with van der Waals surface area (Å²) in [6, 6.07) is 0. The third-order valence-corrected chi connectivity index (χ3v) is 3.25. The van der Waals surface area contributed by atoms with Crippen LogP contribution in [0.2, 0.25) is 0 Å². The predicted octanol–water partition coefficient (Wildman–Crippen LogP) is 5.25. The van der Waals surface area contributed by atoms with Crippen LogP contribution in [-0.2, 0) is 9.53 Å². The van der Waals surface area contributed by atoms with E-state index in [0.29, 0.717) is 13.0 Å². The van der Waals surface area contributed by atoms with E-state index in [-0.39, 0.29) is 12.6 Å². The lowest BCUT2D eigenvalue weighted by Crippen LogP contribution is -2.05. The van der Waals surface area contributed by atoms with Crippen molar-refractivity contribution in [1.82, 2.24) is 0 Å². The molecule has 3 nitrogen and oxygen atoms in total. The number of unbranched alkanes of at least 4 members (excludes halogenated alkanes) is 9. The summed E-state index contributed by atoms with van der Waals surface area (Å²) >= 11 is 0. The molecule has 0 spiro atoms. The second kappa shape index (κ2) is 21.7. The van der Waals surface area contributed by atoms with Gasteiger partial charge in [0.15, 0.2) is 0 Å². The van der Waals surface area contributed by atoms with Crippen LogP contribution in [0.25, 0.3) is 0 Å². The Labute approximate surface area is 132 Å². The average Bonchev–Trinajstić information content (AvgIpc) is 2.47. The van der Waals surface area contributed by atoms with Gasteiger partial charge in [-0.2, -0.15) is 0 Å². The molecule has 0 saturated carbocycles. The summed E-state index contributed by atoms with van der Waals surface area (Å²) in [6.07, 6.45) is 14.3. The lowest BCUT2D eigenvalue weighted by Gasteiger charge is -2.04. The molecule has 0 amide bonds. The fourth-order valence-electron chi connectivity index (χ4n) is 1.98. The van der Waals surface area contributed by atoms with Crippen molar-refractivity contribution in [2.24, 2.45) is 0 Å². The largest absolute Gasteiger partial charge is 0.466 e. The van der Waals surface area contributed by atoms with Crippen molar-refractivity contribution >= 4 is 5.97 Å². The standard InChI is InChI=1S/C16H32O2.C2H6O/c1-3-5-7-8-9-10-11-12-13-14-16(17)18-15-6-4-2;1-2-3/h3-15H2,1-2H3;3H,2H2,1H3. The lowest BCUT2D eigenvalue weighted by atomic mass is 10.1. The van der Waals surface area contributed by atoms with Crippen LogP contribution in [0.4, 0.5) is 0 Å². The molecule has 21 heavy (non-hydrogen) atoms. The van der Waals surface area contributed by atoms with Crippen LogP contribution in [0.1, 0.15) is 97.8 Å². The van der Waals surface area contributed by atoms with E-state index in [0.717, 1.165) is 19.3 Å². The second-order valence-corrected chi connectivity index (χ2v) is 5.47. The van der Waals surface area contributed by atoms with Gasteiger partial charge >= 0.3 is 5.97 Å². The van der Waals surface area contributed by atoms with Gasteiger partial charge in [0.2, 0.25) is 0 Å². The summed E-state index contributed by atoms with van der Waals surface area (Å²) in [5.41, 5.74) is 0. The minimum absolute atomic E-state index is 0.00797. The van der Waals surface area contributed by atoms with E-state index in [9.17, 15) is 4.79 Å². The Morgan fingerprint density at radius 3 is 1.67 bits per heavy atom. The maximum Gasteiger partial charge on any atom is 0.305 e. The predicted molar refractivity (Wildman–Crippen MR) is 90.5 cm³/mol. The Kier molecular flexibility index (Phi) is 23.5. The molecule has 0 radical (unpaired) electrons. The molecule has 0 aliphatic carbocycles. The maximum atomic E-state index is 11.3. The Morgan fingerprint density at radius 2 is 1.19 bits per heavy atom. The molecule has 0 unspecified atom stereocenters. The number of carbonyl (C=O) groups excluding carboxylic acids is 1. The minimum Gasteiger partial charge on any atom is -0.466 e. The second-order valence-electron chi connectivity index (χ2n) is 5.47. The average molecular weight is 302 g/mol. The molecule has 0 atom stereocenters. The van der Waals surface area contributed by atoms with Gasteiger partial charge in [0.05, 0.1) is 6.61 Å². The van der Waals surface area contributed by atoms with Crippen molar-refractivity contribution in [3.63, 3.8) is 0 Å². The molecule has 0 bridgehead atoms.